The topological polar surface area (TPSA) is 125 Å². The average Bonchev–Trinajstić information content (AvgIpc) is 3.08. The van der Waals surface area contributed by atoms with Crippen LogP contribution >= 0.6 is 0 Å². The number of imide groups is 1. The van der Waals surface area contributed by atoms with Crippen LogP contribution in [0.3, 0.4) is 0 Å². The van der Waals surface area contributed by atoms with E-state index in [9.17, 15) is 19.2 Å². The average molecular weight is 390 g/mol. The van der Waals surface area contributed by atoms with Gasteiger partial charge in [0.05, 0.1) is 5.69 Å². The molecule has 3 N–H and O–H groups in total. The normalized spacial score (nSPS) is 18.3. The molecule has 2 aliphatic rings. The van der Waals surface area contributed by atoms with Crippen LogP contribution in [0, 0.1) is 13.8 Å². The zero-order valence-corrected chi connectivity index (χ0v) is 16.2. The second kappa shape index (κ2) is 7.99. The highest BCUT2D eigenvalue weighted by Crippen LogP contribution is 2.33. The molecule has 0 radical (unpaired) electrons. The Morgan fingerprint density at radius 3 is 2.46 bits per heavy atom. The summed E-state index contributed by atoms with van der Waals surface area (Å²) >= 11 is 0. The molecule has 10 nitrogen and oxygen atoms in total. The van der Waals surface area contributed by atoms with Crippen LogP contribution in [0.15, 0.2) is 6.07 Å². The van der Waals surface area contributed by atoms with Crippen LogP contribution in [0.25, 0.3) is 0 Å². The molecule has 152 valence electrons. The third-order valence-electron chi connectivity index (χ3n) is 5.25. The number of carbonyl (C=O) groups is 4. The van der Waals surface area contributed by atoms with Gasteiger partial charge in [-0.3, -0.25) is 34.8 Å². The van der Waals surface area contributed by atoms with Crippen LogP contribution in [0.2, 0.25) is 0 Å². The standard InChI is InChI=1S/C18H26N6O4/c1-12-10-13(2)24(22-12)11-15(26)21-20-14(25)6-9-23-16(27)18(19-17(23)28)7-4-3-5-8-18/h10H,3-9,11H2,1-2H3,(H,19,28)(H,20,25)(H,21,26). The van der Waals surface area contributed by atoms with Crippen molar-refractivity contribution in [2.75, 3.05) is 6.54 Å². The maximum Gasteiger partial charge on any atom is 0.325 e. The lowest BCUT2D eigenvalue weighted by Crippen LogP contribution is -2.48. The highest BCUT2D eigenvalue weighted by atomic mass is 16.2. The van der Waals surface area contributed by atoms with Crippen LogP contribution in [-0.4, -0.2) is 50.5 Å². The van der Waals surface area contributed by atoms with Gasteiger partial charge in [0.2, 0.25) is 5.91 Å². The summed E-state index contributed by atoms with van der Waals surface area (Å²) in [6.07, 6.45) is 4.06. The molecular weight excluding hydrogens is 364 g/mol. The van der Waals surface area contributed by atoms with Crippen molar-refractivity contribution in [3.63, 3.8) is 0 Å². The minimum absolute atomic E-state index is 0.0184. The number of nitrogens with one attached hydrogen (secondary N) is 3. The highest BCUT2D eigenvalue weighted by Gasteiger charge is 2.51. The van der Waals surface area contributed by atoms with Crippen molar-refractivity contribution in [1.29, 1.82) is 0 Å². The minimum atomic E-state index is -0.792. The van der Waals surface area contributed by atoms with Gasteiger partial charge in [-0.05, 0) is 32.8 Å². The Balaban J connectivity index is 1.44. The van der Waals surface area contributed by atoms with Gasteiger partial charge in [-0.25, -0.2) is 4.79 Å². The highest BCUT2D eigenvalue weighted by molar-refractivity contribution is 6.07. The van der Waals surface area contributed by atoms with Gasteiger partial charge in [0.15, 0.2) is 0 Å². The zero-order valence-electron chi connectivity index (χ0n) is 16.2. The molecule has 1 aromatic heterocycles. The molecule has 5 amide bonds. The molecule has 0 bridgehead atoms. The van der Waals surface area contributed by atoms with Gasteiger partial charge in [0.1, 0.15) is 12.1 Å². The van der Waals surface area contributed by atoms with Gasteiger partial charge in [-0.15, -0.1) is 0 Å². The van der Waals surface area contributed by atoms with Crippen molar-refractivity contribution in [3.05, 3.63) is 17.5 Å². The van der Waals surface area contributed by atoms with E-state index >= 15 is 0 Å². The summed E-state index contributed by atoms with van der Waals surface area (Å²) in [5.74, 6) is -1.15. The van der Waals surface area contributed by atoms with Crippen molar-refractivity contribution in [2.24, 2.45) is 0 Å². The fraction of sp³-hybridized carbons (Fsp3) is 0.611. The number of hydrogen-bond acceptors (Lipinski definition) is 5. The van der Waals surface area contributed by atoms with E-state index in [-0.39, 0.29) is 25.4 Å². The van der Waals surface area contributed by atoms with Gasteiger partial charge in [-0.2, -0.15) is 5.10 Å². The van der Waals surface area contributed by atoms with E-state index in [0.29, 0.717) is 12.8 Å². The Labute approximate surface area is 163 Å². The van der Waals surface area contributed by atoms with Crippen molar-refractivity contribution < 1.29 is 19.2 Å². The lowest BCUT2D eigenvalue weighted by molar-refractivity contribution is -0.133. The number of nitrogens with zero attached hydrogens (tertiary/aromatic N) is 3. The lowest BCUT2D eigenvalue weighted by atomic mass is 9.82. The number of amides is 5. The van der Waals surface area contributed by atoms with Gasteiger partial charge in [-0.1, -0.05) is 19.3 Å². The molecule has 1 aliphatic heterocycles. The predicted octanol–water partition coefficient (Wildman–Crippen LogP) is 0.292. The van der Waals surface area contributed by atoms with Gasteiger partial charge in [0.25, 0.3) is 11.8 Å². The van der Waals surface area contributed by atoms with Crippen molar-refractivity contribution in [2.45, 2.75) is 64.5 Å². The molecule has 1 saturated carbocycles. The Kier molecular flexibility index (Phi) is 5.66. The number of aryl methyl sites for hydroxylation is 2. The predicted molar refractivity (Wildman–Crippen MR) is 98.7 cm³/mol. The summed E-state index contributed by atoms with van der Waals surface area (Å²) in [7, 11) is 0. The van der Waals surface area contributed by atoms with E-state index in [2.05, 4.69) is 21.3 Å². The number of urea groups is 1. The van der Waals surface area contributed by atoms with Crippen LogP contribution in [0.5, 0.6) is 0 Å². The number of hydrogen-bond donors (Lipinski definition) is 3. The summed E-state index contributed by atoms with van der Waals surface area (Å²) < 4.78 is 1.54. The van der Waals surface area contributed by atoms with Crippen molar-refractivity contribution >= 4 is 23.8 Å². The quantitative estimate of drug-likeness (QED) is 0.492. The first-order chi connectivity index (χ1) is 13.3. The summed E-state index contributed by atoms with van der Waals surface area (Å²) in [6.45, 7) is 3.63. The summed E-state index contributed by atoms with van der Waals surface area (Å²) in [5.41, 5.74) is 5.48. The molecule has 0 aromatic carbocycles. The first kappa shape index (κ1) is 19.8. The number of hydrazine groups is 1. The molecule has 1 saturated heterocycles. The molecule has 1 aromatic rings. The number of rotatable bonds is 5. The fourth-order valence-electron chi connectivity index (χ4n) is 3.80. The first-order valence-electron chi connectivity index (χ1n) is 9.53. The van der Waals surface area contributed by atoms with Crippen molar-refractivity contribution in [1.82, 2.24) is 30.8 Å². The van der Waals surface area contributed by atoms with Crippen LogP contribution < -0.4 is 16.2 Å². The van der Waals surface area contributed by atoms with E-state index in [0.717, 1.165) is 35.6 Å². The molecule has 0 atom stereocenters. The van der Waals surface area contributed by atoms with Crippen LogP contribution in [0.1, 0.15) is 49.9 Å². The Bertz CT molecular complexity index is 796. The molecule has 3 rings (SSSR count). The van der Waals surface area contributed by atoms with E-state index in [1.54, 1.807) is 0 Å². The van der Waals surface area contributed by atoms with Crippen LogP contribution in [-0.2, 0) is 20.9 Å². The SMILES string of the molecule is Cc1cc(C)n(CC(=O)NNC(=O)CCN2C(=O)NC3(CCCCC3)C2=O)n1. The van der Waals surface area contributed by atoms with Gasteiger partial charge in [0, 0.05) is 18.7 Å². The van der Waals surface area contributed by atoms with Crippen molar-refractivity contribution in [3.8, 4) is 0 Å². The minimum Gasteiger partial charge on any atom is -0.323 e. The van der Waals surface area contributed by atoms with Gasteiger partial charge < -0.3 is 5.32 Å². The number of aromatic nitrogens is 2. The molecule has 28 heavy (non-hydrogen) atoms. The maximum atomic E-state index is 12.6. The number of carbonyl (C=O) groups excluding carboxylic acids is 4. The molecule has 1 spiro atoms. The third kappa shape index (κ3) is 4.15. The first-order valence-corrected chi connectivity index (χ1v) is 9.53. The maximum absolute atomic E-state index is 12.6. The summed E-state index contributed by atoms with van der Waals surface area (Å²) in [6, 6.07) is 1.40. The summed E-state index contributed by atoms with van der Waals surface area (Å²) in [5, 5.41) is 6.98. The Hall–Kier alpha value is -2.91. The molecular formula is C18H26N6O4. The van der Waals surface area contributed by atoms with Crippen LogP contribution in [0.4, 0.5) is 4.79 Å². The smallest absolute Gasteiger partial charge is 0.323 e. The lowest BCUT2D eigenvalue weighted by Gasteiger charge is -2.30. The largest absolute Gasteiger partial charge is 0.325 e. The Morgan fingerprint density at radius 1 is 1.14 bits per heavy atom. The van der Waals surface area contributed by atoms with E-state index in [1.165, 1.54) is 4.68 Å². The second-order valence-electron chi connectivity index (χ2n) is 7.46. The molecule has 2 fully saturated rings. The molecule has 0 unspecified atom stereocenters. The van der Waals surface area contributed by atoms with E-state index in [1.807, 2.05) is 19.9 Å². The molecule has 2 heterocycles. The monoisotopic (exact) mass is 390 g/mol. The zero-order chi connectivity index (χ0) is 20.3. The second-order valence-corrected chi connectivity index (χ2v) is 7.46. The third-order valence-corrected chi connectivity index (χ3v) is 5.25. The molecule has 1 aliphatic carbocycles. The Morgan fingerprint density at radius 2 is 1.82 bits per heavy atom. The van der Waals surface area contributed by atoms with E-state index in [4.69, 9.17) is 0 Å². The van der Waals surface area contributed by atoms with Gasteiger partial charge >= 0.3 is 6.03 Å². The van der Waals surface area contributed by atoms with E-state index < -0.39 is 23.4 Å². The molecule has 10 heteroatoms. The fourth-order valence-corrected chi connectivity index (χ4v) is 3.80. The summed E-state index contributed by atoms with van der Waals surface area (Å²) in [4.78, 5) is 49.8.